The molecule has 39 heavy (non-hydrogen) atoms. The molecule has 1 heterocycles. The maximum Gasteiger partial charge on any atom is 0.193 e. The molecular weight excluding hydrogens is 514 g/mol. The van der Waals surface area contributed by atoms with E-state index in [1.54, 1.807) is 54.2 Å². The van der Waals surface area contributed by atoms with Crippen LogP contribution in [0.15, 0.2) is 83.8 Å². The molecule has 0 N–H and O–H groups in total. The summed E-state index contributed by atoms with van der Waals surface area (Å²) in [7, 11) is 0. The van der Waals surface area contributed by atoms with Crippen LogP contribution in [0.2, 0.25) is 0 Å². The van der Waals surface area contributed by atoms with Gasteiger partial charge in [-0.05, 0) is 72.9 Å². The van der Waals surface area contributed by atoms with E-state index < -0.39 is 11.6 Å². The summed E-state index contributed by atoms with van der Waals surface area (Å²) in [4.78, 5) is 14.9. The average Bonchev–Trinajstić information content (AvgIpc) is 2.97. The zero-order chi connectivity index (χ0) is 27.4. The molecule has 4 aromatic carbocycles. The molecular formula is C32H22F2N2O2S. The lowest BCUT2D eigenvalue weighted by atomic mass is 9.88. The summed E-state index contributed by atoms with van der Waals surface area (Å²) in [5.74, 6) is -1.71. The first kappa shape index (κ1) is 26.3. The van der Waals surface area contributed by atoms with Crippen LogP contribution in [0.1, 0.15) is 46.3 Å². The van der Waals surface area contributed by atoms with Crippen molar-refractivity contribution in [3.63, 3.8) is 0 Å². The lowest BCUT2D eigenvalue weighted by molar-refractivity contribution is 0.0728. The van der Waals surface area contributed by atoms with Crippen molar-refractivity contribution in [2.45, 2.75) is 29.6 Å². The number of benzene rings is 4. The Morgan fingerprint density at radius 3 is 2.13 bits per heavy atom. The van der Waals surface area contributed by atoms with E-state index in [1.165, 1.54) is 24.3 Å². The fourth-order valence-electron chi connectivity index (χ4n) is 4.67. The van der Waals surface area contributed by atoms with Crippen LogP contribution in [0.5, 0.6) is 0 Å². The molecule has 4 aromatic rings. The number of halogens is 2. The average molecular weight is 537 g/mol. The standard InChI is InChI=1S/C32H22F2N2O2S/c33-29-7-3-5-23(27(29)18-35)21-12-15-25(24-6-4-8-30(34)28(24)19-36)26(17-21)32(37)20-10-13-22(14-11-20)39-31-9-1-2-16-38-31/h3-8,10-15,17,31H,1-2,9,16H2. The van der Waals surface area contributed by atoms with Crippen LogP contribution in [0.25, 0.3) is 22.3 Å². The number of hydrogen-bond acceptors (Lipinski definition) is 5. The SMILES string of the molecule is N#Cc1c(F)cccc1-c1ccc(-c2cccc(F)c2C#N)c(C(=O)c2ccc(SC3CCCCO3)cc2)c1. The number of nitriles is 2. The van der Waals surface area contributed by atoms with Crippen molar-refractivity contribution >= 4 is 17.5 Å². The highest BCUT2D eigenvalue weighted by Crippen LogP contribution is 2.35. The summed E-state index contributed by atoms with van der Waals surface area (Å²) in [6, 6.07) is 24.3. The molecule has 1 unspecified atom stereocenters. The van der Waals surface area contributed by atoms with Crippen LogP contribution in [-0.2, 0) is 4.74 Å². The van der Waals surface area contributed by atoms with E-state index in [0.717, 1.165) is 30.8 Å². The van der Waals surface area contributed by atoms with Crippen molar-refractivity contribution < 1.29 is 18.3 Å². The molecule has 4 nitrogen and oxygen atoms in total. The van der Waals surface area contributed by atoms with Crippen LogP contribution >= 0.6 is 11.8 Å². The highest BCUT2D eigenvalue weighted by atomic mass is 32.2. The Hall–Kier alpha value is -4.30. The second kappa shape index (κ2) is 11.6. The minimum absolute atomic E-state index is 0.0848. The van der Waals surface area contributed by atoms with Gasteiger partial charge in [-0.3, -0.25) is 4.79 Å². The molecule has 0 aromatic heterocycles. The van der Waals surface area contributed by atoms with E-state index in [4.69, 9.17) is 4.74 Å². The molecule has 5 rings (SSSR count). The topological polar surface area (TPSA) is 73.9 Å². The molecule has 0 amide bonds. The minimum atomic E-state index is -0.694. The molecule has 1 atom stereocenters. The third-order valence-corrected chi connectivity index (χ3v) is 7.82. The summed E-state index contributed by atoms with van der Waals surface area (Å²) >= 11 is 1.62. The Morgan fingerprint density at radius 1 is 0.821 bits per heavy atom. The Morgan fingerprint density at radius 2 is 1.49 bits per heavy atom. The molecule has 0 aliphatic carbocycles. The molecule has 1 saturated heterocycles. The maximum absolute atomic E-state index is 14.5. The lowest BCUT2D eigenvalue weighted by Crippen LogP contribution is -2.15. The van der Waals surface area contributed by atoms with Gasteiger partial charge in [-0.1, -0.05) is 48.2 Å². The van der Waals surface area contributed by atoms with Gasteiger partial charge in [-0.2, -0.15) is 10.5 Å². The van der Waals surface area contributed by atoms with E-state index in [2.05, 4.69) is 0 Å². The van der Waals surface area contributed by atoms with Gasteiger partial charge in [0, 0.05) is 33.8 Å². The van der Waals surface area contributed by atoms with Crippen molar-refractivity contribution in [3.05, 3.63) is 113 Å². The predicted molar refractivity (Wildman–Crippen MR) is 146 cm³/mol. The monoisotopic (exact) mass is 536 g/mol. The summed E-state index contributed by atoms with van der Waals surface area (Å²) in [5.41, 5.74) is 1.79. The third-order valence-electron chi connectivity index (χ3n) is 6.64. The Balaban J connectivity index is 1.59. The molecule has 0 bridgehead atoms. The fraction of sp³-hybridized carbons (Fsp3) is 0.156. The van der Waals surface area contributed by atoms with Crippen molar-refractivity contribution in [1.82, 2.24) is 0 Å². The molecule has 1 fully saturated rings. The van der Waals surface area contributed by atoms with Crippen LogP contribution < -0.4 is 0 Å². The Labute approximate surface area is 229 Å². The van der Waals surface area contributed by atoms with E-state index in [0.29, 0.717) is 22.3 Å². The van der Waals surface area contributed by atoms with Crippen molar-refractivity contribution in [2.75, 3.05) is 6.61 Å². The van der Waals surface area contributed by atoms with Gasteiger partial charge in [-0.25, -0.2) is 8.78 Å². The Kier molecular flexibility index (Phi) is 7.84. The minimum Gasteiger partial charge on any atom is -0.367 e. The molecule has 0 radical (unpaired) electrons. The first-order valence-electron chi connectivity index (χ1n) is 12.4. The van der Waals surface area contributed by atoms with Crippen molar-refractivity contribution in [3.8, 4) is 34.4 Å². The van der Waals surface area contributed by atoms with Gasteiger partial charge in [0.05, 0.1) is 11.1 Å². The van der Waals surface area contributed by atoms with Gasteiger partial charge in [0.1, 0.15) is 29.2 Å². The number of hydrogen-bond donors (Lipinski definition) is 0. The van der Waals surface area contributed by atoms with Gasteiger partial charge < -0.3 is 4.74 Å². The molecule has 192 valence electrons. The summed E-state index contributed by atoms with van der Waals surface area (Å²) in [6.45, 7) is 0.747. The molecule has 0 spiro atoms. The molecule has 7 heteroatoms. The molecule has 1 aliphatic rings. The van der Waals surface area contributed by atoms with Crippen LogP contribution in [0, 0.1) is 34.3 Å². The zero-order valence-electron chi connectivity index (χ0n) is 20.8. The van der Waals surface area contributed by atoms with Gasteiger partial charge >= 0.3 is 0 Å². The van der Waals surface area contributed by atoms with E-state index in [-0.39, 0.29) is 33.5 Å². The smallest absolute Gasteiger partial charge is 0.193 e. The second-order valence-electron chi connectivity index (χ2n) is 9.08. The first-order valence-corrected chi connectivity index (χ1v) is 13.3. The molecule has 0 saturated carbocycles. The lowest BCUT2D eigenvalue weighted by Gasteiger charge is -2.21. The number of ether oxygens (including phenoxy) is 1. The van der Waals surface area contributed by atoms with Crippen molar-refractivity contribution in [1.29, 1.82) is 10.5 Å². The van der Waals surface area contributed by atoms with Crippen molar-refractivity contribution in [2.24, 2.45) is 0 Å². The summed E-state index contributed by atoms with van der Waals surface area (Å²) < 4.78 is 34.7. The van der Waals surface area contributed by atoms with Crippen LogP contribution in [0.3, 0.4) is 0 Å². The number of carbonyl (C=O) groups is 1. The quantitative estimate of drug-likeness (QED) is 0.234. The fourth-order valence-corrected chi connectivity index (χ4v) is 5.72. The number of ketones is 1. The van der Waals surface area contributed by atoms with Gasteiger partial charge in [0.15, 0.2) is 5.78 Å². The van der Waals surface area contributed by atoms with E-state index in [9.17, 15) is 24.1 Å². The largest absolute Gasteiger partial charge is 0.367 e. The maximum atomic E-state index is 14.5. The number of carbonyl (C=O) groups excluding carboxylic acids is 1. The van der Waals surface area contributed by atoms with E-state index >= 15 is 0 Å². The highest BCUT2D eigenvalue weighted by Gasteiger charge is 2.21. The van der Waals surface area contributed by atoms with Crippen LogP contribution in [-0.4, -0.2) is 17.8 Å². The van der Waals surface area contributed by atoms with Gasteiger partial charge in [0.2, 0.25) is 0 Å². The predicted octanol–water partition coefficient (Wildman–Crippen LogP) is 7.89. The summed E-state index contributed by atoms with van der Waals surface area (Å²) in [5, 5.41) is 19.2. The van der Waals surface area contributed by atoms with Crippen LogP contribution in [0.4, 0.5) is 8.78 Å². The van der Waals surface area contributed by atoms with Gasteiger partial charge in [-0.15, -0.1) is 0 Å². The number of thioether (sulfide) groups is 1. The normalized spacial score (nSPS) is 14.8. The zero-order valence-corrected chi connectivity index (χ0v) is 21.6. The highest BCUT2D eigenvalue weighted by molar-refractivity contribution is 7.99. The van der Waals surface area contributed by atoms with E-state index in [1.807, 2.05) is 24.3 Å². The first-order chi connectivity index (χ1) is 19.0. The second-order valence-corrected chi connectivity index (χ2v) is 10.3. The third kappa shape index (κ3) is 5.47. The number of rotatable bonds is 6. The number of nitrogens with zero attached hydrogens (tertiary/aromatic N) is 2. The van der Waals surface area contributed by atoms with Gasteiger partial charge in [0.25, 0.3) is 0 Å². The summed E-state index contributed by atoms with van der Waals surface area (Å²) in [6.07, 6.45) is 3.16. The molecule has 1 aliphatic heterocycles. The Bertz CT molecular complexity index is 1630.